The third kappa shape index (κ3) is 1.90. The van der Waals surface area contributed by atoms with Crippen LogP contribution in [0, 0.1) is 0 Å². The highest BCUT2D eigenvalue weighted by molar-refractivity contribution is 5.20. The summed E-state index contributed by atoms with van der Waals surface area (Å²) in [5, 5.41) is 0. The summed E-state index contributed by atoms with van der Waals surface area (Å²) in [4.78, 5) is 8.83. The highest BCUT2D eigenvalue weighted by atomic mass is 15.4. The molecular formula is C13H19N3. The molecule has 2 heterocycles. The molecule has 0 unspecified atom stereocenters. The number of aromatic nitrogens is 1. The Morgan fingerprint density at radius 2 is 2.19 bits per heavy atom. The summed E-state index contributed by atoms with van der Waals surface area (Å²) >= 11 is 0. The second-order valence-corrected chi connectivity index (χ2v) is 4.62. The molecule has 3 heteroatoms. The molecule has 16 heavy (non-hydrogen) atoms. The molecule has 0 fully saturated rings. The number of nitrogens with zero attached hydrogens (tertiary/aromatic N) is 3. The standard InChI is InChI=1S/C13H19N3/c1-4-15-8-9-16(11-15)13(2,3)12-6-5-7-14-10-12/h5-10H,4,11H2,1-3H3. The first-order valence-electron chi connectivity index (χ1n) is 5.74. The zero-order valence-electron chi connectivity index (χ0n) is 10.2. The third-order valence-electron chi connectivity index (χ3n) is 3.28. The molecule has 1 aliphatic rings. The van der Waals surface area contributed by atoms with Crippen molar-refractivity contribution in [1.82, 2.24) is 14.8 Å². The van der Waals surface area contributed by atoms with Gasteiger partial charge in [0.15, 0.2) is 0 Å². The van der Waals surface area contributed by atoms with Crippen molar-refractivity contribution in [3.63, 3.8) is 0 Å². The zero-order valence-corrected chi connectivity index (χ0v) is 10.2. The molecule has 0 amide bonds. The Balaban J connectivity index is 2.18. The average molecular weight is 217 g/mol. The van der Waals surface area contributed by atoms with E-state index >= 15 is 0 Å². The Labute approximate surface area is 97.4 Å². The topological polar surface area (TPSA) is 19.4 Å². The van der Waals surface area contributed by atoms with E-state index in [1.807, 2.05) is 18.5 Å². The second-order valence-electron chi connectivity index (χ2n) is 4.62. The molecule has 0 saturated carbocycles. The molecule has 0 radical (unpaired) electrons. The lowest BCUT2D eigenvalue weighted by Gasteiger charge is -2.36. The monoisotopic (exact) mass is 217 g/mol. The molecule has 3 nitrogen and oxygen atoms in total. The van der Waals surface area contributed by atoms with Gasteiger partial charge in [-0.2, -0.15) is 0 Å². The molecule has 1 aromatic rings. The van der Waals surface area contributed by atoms with Crippen LogP contribution in [0.2, 0.25) is 0 Å². The Bertz CT molecular complexity index is 370. The molecule has 0 aliphatic carbocycles. The van der Waals surface area contributed by atoms with Crippen molar-refractivity contribution in [2.24, 2.45) is 0 Å². The van der Waals surface area contributed by atoms with Gasteiger partial charge in [0, 0.05) is 31.3 Å². The normalized spacial score (nSPS) is 15.9. The van der Waals surface area contributed by atoms with Gasteiger partial charge >= 0.3 is 0 Å². The van der Waals surface area contributed by atoms with Gasteiger partial charge in [-0.15, -0.1) is 0 Å². The van der Waals surface area contributed by atoms with E-state index in [1.54, 1.807) is 0 Å². The van der Waals surface area contributed by atoms with Crippen LogP contribution in [0.4, 0.5) is 0 Å². The van der Waals surface area contributed by atoms with Crippen LogP contribution >= 0.6 is 0 Å². The van der Waals surface area contributed by atoms with Gasteiger partial charge in [0.25, 0.3) is 0 Å². The lowest BCUT2D eigenvalue weighted by atomic mass is 9.94. The van der Waals surface area contributed by atoms with Crippen molar-refractivity contribution < 1.29 is 0 Å². The van der Waals surface area contributed by atoms with Crippen LogP contribution in [0.1, 0.15) is 26.3 Å². The minimum atomic E-state index is -0.00528. The largest absolute Gasteiger partial charge is 0.359 e. The average Bonchev–Trinajstić information content (AvgIpc) is 2.79. The first kappa shape index (κ1) is 11.0. The third-order valence-corrected chi connectivity index (χ3v) is 3.28. The van der Waals surface area contributed by atoms with E-state index in [0.717, 1.165) is 13.2 Å². The summed E-state index contributed by atoms with van der Waals surface area (Å²) in [5.41, 5.74) is 1.24. The van der Waals surface area contributed by atoms with Gasteiger partial charge in [-0.3, -0.25) is 4.98 Å². The Morgan fingerprint density at radius 3 is 2.75 bits per heavy atom. The molecule has 2 rings (SSSR count). The molecule has 0 saturated heterocycles. The summed E-state index contributed by atoms with van der Waals surface area (Å²) in [6, 6.07) is 4.13. The smallest absolute Gasteiger partial charge is 0.0901 e. The molecule has 1 aliphatic heterocycles. The maximum absolute atomic E-state index is 4.20. The summed E-state index contributed by atoms with van der Waals surface area (Å²) in [7, 11) is 0. The van der Waals surface area contributed by atoms with Crippen LogP contribution in [0.3, 0.4) is 0 Å². The highest BCUT2D eigenvalue weighted by Gasteiger charge is 2.29. The van der Waals surface area contributed by atoms with Gasteiger partial charge in [0.05, 0.1) is 12.2 Å². The molecule has 0 atom stereocenters. The van der Waals surface area contributed by atoms with Crippen molar-refractivity contribution in [1.29, 1.82) is 0 Å². The Morgan fingerprint density at radius 1 is 1.38 bits per heavy atom. The van der Waals surface area contributed by atoms with E-state index in [2.05, 4.69) is 54.0 Å². The first-order valence-corrected chi connectivity index (χ1v) is 5.74. The predicted octanol–water partition coefficient (Wildman–Crippen LogP) is 2.38. The van der Waals surface area contributed by atoms with Crippen molar-refractivity contribution in [2.75, 3.05) is 13.2 Å². The van der Waals surface area contributed by atoms with Gasteiger partial charge in [0.2, 0.25) is 0 Å². The number of hydrogen-bond acceptors (Lipinski definition) is 3. The summed E-state index contributed by atoms with van der Waals surface area (Å²) in [5.74, 6) is 0. The van der Waals surface area contributed by atoms with Gasteiger partial charge in [0.1, 0.15) is 0 Å². The summed E-state index contributed by atoms with van der Waals surface area (Å²) in [6.45, 7) is 8.64. The number of hydrogen-bond donors (Lipinski definition) is 0. The van der Waals surface area contributed by atoms with Crippen molar-refractivity contribution in [3.8, 4) is 0 Å². The van der Waals surface area contributed by atoms with E-state index in [-0.39, 0.29) is 5.54 Å². The number of rotatable bonds is 3. The highest BCUT2D eigenvalue weighted by Crippen LogP contribution is 2.29. The Kier molecular flexibility index (Phi) is 2.86. The second kappa shape index (κ2) is 4.16. The molecule has 86 valence electrons. The molecule has 0 spiro atoms. The zero-order chi connectivity index (χ0) is 11.6. The number of pyridine rings is 1. The predicted molar refractivity (Wildman–Crippen MR) is 65.5 cm³/mol. The van der Waals surface area contributed by atoms with E-state index in [4.69, 9.17) is 0 Å². The Hall–Kier alpha value is -1.51. The maximum Gasteiger partial charge on any atom is 0.0901 e. The van der Waals surface area contributed by atoms with Crippen molar-refractivity contribution >= 4 is 0 Å². The molecule has 1 aromatic heterocycles. The molecule has 0 N–H and O–H groups in total. The fourth-order valence-electron chi connectivity index (χ4n) is 1.92. The first-order chi connectivity index (χ1) is 7.64. The molecule has 0 aromatic carbocycles. The quantitative estimate of drug-likeness (QED) is 0.775. The summed E-state index contributed by atoms with van der Waals surface area (Å²) < 4.78 is 0. The van der Waals surface area contributed by atoms with Crippen molar-refractivity contribution in [3.05, 3.63) is 42.5 Å². The van der Waals surface area contributed by atoms with Gasteiger partial charge < -0.3 is 9.80 Å². The minimum Gasteiger partial charge on any atom is -0.359 e. The van der Waals surface area contributed by atoms with E-state index in [0.29, 0.717) is 0 Å². The van der Waals surface area contributed by atoms with Crippen molar-refractivity contribution in [2.45, 2.75) is 26.3 Å². The van der Waals surface area contributed by atoms with Crippen LogP contribution < -0.4 is 0 Å². The van der Waals surface area contributed by atoms with E-state index < -0.39 is 0 Å². The fourth-order valence-corrected chi connectivity index (χ4v) is 1.92. The van der Waals surface area contributed by atoms with Crippen LogP contribution in [0.5, 0.6) is 0 Å². The molecular weight excluding hydrogens is 198 g/mol. The SMILES string of the molecule is CCN1C=CN(C(C)(C)c2cccnc2)C1. The van der Waals surface area contributed by atoms with Gasteiger partial charge in [-0.25, -0.2) is 0 Å². The van der Waals surface area contributed by atoms with Gasteiger partial charge in [-0.05, 0) is 32.4 Å². The van der Waals surface area contributed by atoms with Crippen LogP contribution in [-0.4, -0.2) is 28.0 Å². The van der Waals surface area contributed by atoms with E-state index in [9.17, 15) is 0 Å². The fraction of sp³-hybridized carbons (Fsp3) is 0.462. The maximum atomic E-state index is 4.20. The molecule has 0 bridgehead atoms. The lowest BCUT2D eigenvalue weighted by Crippen LogP contribution is -2.39. The van der Waals surface area contributed by atoms with Gasteiger partial charge in [-0.1, -0.05) is 6.07 Å². The van der Waals surface area contributed by atoms with E-state index in [1.165, 1.54) is 5.56 Å². The summed E-state index contributed by atoms with van der Waals surface area (Å²) in [6.07, 6.45) is 8.08. The minimum absolute atomic E-state index is 0.00528. The van der Waals surface area contributed by atoms with Crippen LogP contribution in [0.15, 0.2) is 36.9 Å². The van der Waals surface area contributed by atoms with Crippen LogP contribution in [-0.2, 0) is 5.54 Å². The lowest BCUT2D eigenvalue weighted by molar-refractivity contribution is 0.148. The van der Waals surface area contributed by atoms with Crippen LogP contribution in [0.25, 0.3) is 0 Å².